The van der Waals surface area contributed by atoms with Crippen molar-refractivity contribution in [2.75, 3.05) is 51.5 Å². The van der Waals surface area contributed by atoms with E-state index in [9.17, 15) is 4.79 Å². The van der Waals surface area contributed by atoms with Crippen molar-refractivity contribution in [3.05, 3.63) is 87.9 Å². The summed E-state index contributed by atoms with van der Waals surface area (Å²) in [5, 5.41) is 0. The molecule has 7 heteroatoms. The van der Waals surface area contributed by atoms with E-state index in [4.69, 9.17) is 14.2 Å². The van der Waals surface area contributed by atoms with Gasteiger partial charge < -0.3 is 24.0 Å². The molecule has 2 heterocycles. The number of carbonyl (C=O) groups is 1. The van der Waals surface area contributed by atoms with Crippen LogP contribution in [0, 0.1) is 0 Å². The summed E-state index contributed by atoms with van der Waals surface area (Å²) in [5.74, 6) is 1.54. The molecule has 6 nitrogen and oxygen atoms in total. The third-order valence-electron chi connectivity index (χ3n) is 6.66. The first kappa shape index (κ1) is 23.7. The Hall–Kier alpha value is -3.03. The van der Waals surface area contributed by atoms with Gasteiger partial charge in [-0.1, -0.05) is 28.1 Å². The maximum atomic E-state index is 13.6. The molecule has 2 aliphatic rings. The number of carbonyl (C=O) groups excluding carboxylic acids is 1. The van der Waals surface area contributed by atoms with Gasteiger partial charge in [-0.3, -0.25) is 4.79 Å². The highest BCUT2D eigenvalue weighted by atomic mass is 79.9. The van der Waals surface area contributed by atoms with Crippen LogP contribution >= 0.6 is 15.9 Å². The molecule has 5 rings (SSSR count). The van der Waals surface area contributed by atoms with E-state index >= 15 is 0 Å². The van der Waals surface area contributed by atoms with Crippen LogP contribution in [-0.2, 0) is 11.2 Å². The monoisotopic (exact) mass is 536 g/mol. The Morgan fingerprint density at radius 2 is 1.77 bits per heavy atom. The Labute approximate surface area is 214 Å². The van der Waals surface area contributed by atoms with Gasteiger partial charge in [0.2, 0.25) is 0 Å². The van der Waals surface area contributed by atoms with Gasteiger partial charge in [0.25, 0.3) is 5.91 Å². The molecule has 1 atom stereocenters. The lowest BCUT2D eigenvalue weighted by molar-refractivity contribution is 0.0590. The molecule has 182 valence electrons. The lowest BCUT2D eigenvalue weighted by Crippen LogP contribution is -2.43. The predicted octanol–water partition coefficient (Wildman–Crippen LogP) is 5.11. The average molecular weight is 537 g/mol. The highest BCUT2D eigenvalue weighted by Crippen LogP contribution is 2.35. The van der Waals surface area contributed by atoms with E-state index in [0.29, 0.717) is 18.7 Å². The molecule has 0 radical (unpaired) electrons. The van der Waals surface area contributed by atoms with Gasteiger partial charge in [0.1, 0.15) is 18.1 Å². The van der Waals surface area contributed by atoms with Crippen LogP contribution in [0.5, 0.6) is 11.5 Å². The van der Waals surface area contributed by atoms with Gasteiger partial charge in [-0.05, 0) is 72.1 Å². The molecule has 1 saturated heterocycles. The summed E-state index contributed by atoms with van der Waals surface area (Å²) in [5.41, 5.74) is 4.30. The predicted molar refractivity (Wildman–Crippen MR) is 140 cm³/mol. The molecule has 0 aromatic heterocycles. The number of benzene rings is 3. The van der Waals surface area contributed by atoms with Gasteiger partial charge >= 0.3 is 0 Å². The molecule has 35 heavy (non-hydrogen) atoms. The Kier molecular flexibility index (Phi) is 7.25. The Morgan fingerprint density at radius 3 is 2.51 bits per heavy atom. The minimum absolute atomic E-state index is 0.0116. The summed E-state index contributed by atoms with van der Waals surface area (Å²) in [6.07, 6.45) is 0.812. The van der Waals surface area contributed by atoms with Crippen LogP contribution in [0.15, 0.2) is 71.2 Å². The van der Waals surface area contributed by atoms with Gasteiger partial charge in [-0.15, -0.1) is 0 Å². The topological polar surface area (TPSA) is 51.2 Å². The van der Waals surface area contributed by atoms with Crippen LogP contribution in [0.4, 0.5) is 5.69 Å². The Bertz CT molecular complexity index is 1180. The average Bonchev–Trinajstić information content (AvgIpc) is 2.91. The fraction of sp³-hybridized carbons (Fsp3) is 0.321. The fourth-order valence-corrected chi connectivity index (χ4v) is 5.17. The van der Waals surface area contributed by atoms with Crippen LogP contribution in [-0.4, -0.2) is 57.4 Å². The van der Waals surface area contributed by atoms with Crippen molar-refractivity contribution in [3.63, 3.8) is 0 Å². The van der Waals surface area contributed by atoms with Gasteiger partial charge in [0, 0.05) is 35.4 Å². The molecule has 0 bridgehead atoms. The number of hydrogen-bond acceptors (Lipinski definition) is 5. The second-order valence-corrected chi connectivity index (χ2v) is 9.66. The first-order chi connectivity index (χ1) is 17.1. The van der Waals surface area contributed by atoms with E-state index in [2.05, 4.69) is 39.0 Å². The normalized spacial score (nSPS) is 17.6. The summed E-state index contributed by atoms with van der Waals surface area (Å²) >= 11 is 3.49. The first-order valence-electron chi connectivity index (χ1n) is 11.9. The quantitative estimate of drug-likeness (QED) is 0.438. The number of methoxy groups -OCH3 is 1. The number of rotatable bonds is 6. The van der Waals surface area contributed by atoms with Gasteiger partial charge in [0.15, 0.2) is 0 Å². The van der Waals surface area contributed by atoms with Crippen LogP contribution in [0.3, 0.4) is 0 Å². The van der Waals surface area contributed by atoms with Crippen LogP contribution < -0.4 is 14.4 Å². The van der Waals surface area contributed by atoms with Crippen molar-refractivity contribution in [1.29, 1.82) is 0 Å². The molecular weight excluding hydrogens is 508 g/mol. The highest BCUT2D eigenvalue weighted by Gasteiger charge is 2.32. The summed E-state index contributed by atoms with van der Waals surface area (Å²) in [7, 11) is 1.64. The smallest absolute Gasteiger partial charge is 0.254 e. The molecule has 3 aromatic carbocycles. The SMILES string of the molecule is COc1ccc(OCC2c3ccc(N4CCOCC4)cc3CCN2C(=O)c2cccc(Br)c2)cc1. The van der Waals surface area contributed by atoms with Crippen LogP contribution in [0.25, 0.3) is 0 Å². The molecule has 0 aliphatic carbocycles. The second kappa shape index (κ2) is 10.7. The third-order valence-corrected chi connectivity index (χ3v) is 7.15. The fourth-order valence-electron chi connectivity index (χ4n) is 4.77. The number of hydrogen-bond donors (Lipinski definition) is 0. The van der Waals surface area contributed by atoms with Crippen molar-refractivity contribution in [2.45, 2.75) is 12.5 Å². The van der Waals surface area contributed by atoms with Gasteiger partial charge in [0.05, 0.1) is 26.4 Å². The number of morpholine rings is 1. The molecule has 0 N–H and O–H groups in total. The van der Waals surface area contributed by atoms with Crippen LogP contribution in [0.1, 0.15) is 27.5 Å². The number of fused-ring (bicyclic) bond motifs is 1. The lowest BCUT2D eigenvalue weighted by atomic mass is 9.91. The number of ether oxygens (including phenoxy) is 3. The van der Waals surface area contributed by atoms with E-state index in [-0.39, 0.29) is 11.9 Å². The van der Waals surface area contributed by atoms with Crippen LogP contribution in [0.2, 0.25) is 0 Å². The zero-order valence-electron chi connectivity index (χ0n) is 19.8. The maximum Gasteiger partial charge on any atom is 0.254 e. The molecule has 1 fully saturated rings. The summed E-state index contributed by atoms with van der Waals surface area (Å²) < 4.78 is 17.9. The number of halogens is 1. The maximum absolute atomic E-state index is 13.6. The molecule has 1 amide bonds. The number of nitrogens with zero attached hydrogens (tertiary/aromatic N) is 2. The Morgan fingerprint density at radius 1 is 1.00 bits per heavy atom. The molecular formula is C28H29BrN2O4. The molecule has 0 spiro atoms. The van der Waals surface area contributed by atoms with E-state index in [1.54, 1.807) is 7.11 Å². The van der Waals surface area contributed by atoms with E-state index in [1.165, 1.54) is 11.3 Å². The summed E-state index contributed by atoms with van der Waals surface area (Å²) in [6, 6.07) is 21.5. The van der Waals surface area contributed by atoms with Crippen molar-refractivity contribution in [1.82, 2.24) is 4.90 Å². The minimum atomic E-state index is -0.189. The molecule has 1 unspecified atom stereocenters. The van der Waals surface area contributed by atoms with Crippen molar-refractivity contribution in [3.8, 4) is 11.5 Å². The largest absolute Gasteiger partial charge is 0.497 e. The first-order valence-corrected chi connectivity index (χ1v) is 12.7. The lowest BCUT2D eigenvalue weighted by Gasteiger charge is -2.38. The Balaban J connectivity index is 1.43. The summed E-state index contributed by atoms with van der Waals surface area (Å²) in [6.45, 7) is 4.32. The third kappa shape index (κ3) is 5.31. The molecule has 0 saturated carbocycles. The van der Waals surface area contributed by atoms with Crippen molar-refractivity contribution >= 4 is 27.5 Å². The van der Waals surface area contributed by atoms with Gasteiger partial charge in [-0.2, -0.15) is 0 Å². The molecule has 3 aromatic rings. The molecule has 2 aliphatic heterocycles. The minimum Gasteiger partial charge on any atom is -0.497 e. The second-order valence-electron chi connectivity index (χ2n) is 8.74. The number of amides is 1. The number of anilines is 1. The van der Waals surface area contributed by atoms with E-state index < -0.39 is 0 Å². The van der Waals surface area contributed by atoms with Crippen molar-refractivity contribution < 1.29 is 19.0 Å². The van der Waals surface area contributed by atoms with E-state index in [0.717, 1.165) is 54.3 Å². The zero-order valence-corrected chi connectivity index (χ0v) is 21.4. The standard InChI is InChI=1S/C28H29BrN2O4/c1-33-24-6-8-25(9-7-24)35-19-27-26-10-5-23(30-13-15-34-16-14-30)18-20(26)11-12-31(27)28(32)21-3-2-4-22(29)17-21/h2-10,17-18,27H,11-16,19H2,1H3. The van der Waals surface area contributed by atoms with Crippen molar-refractivity contribution in [2.24, 2.45) is 0 Å². The van der Waals surface area contributed by atoms with E-state index in [1.807, 2.05) is 53.4 Å². The highest BCUT2D eigenvalue weighted by molar-refractivity contribution is 9.10. The summed E-state index contributed by atoms with van der Waals surface area (Å²) in [4.78, 5) is 17.9. The van der Waals surface area contributed by atoms with Gasteiger partial charge in [-0.25, -0.2) is 0 Å². The zero-order chi connectivity index (χ0) is 24.2.